The molecular weight excluding hydrogens is 256 g/mol. The Morgan fingerprint density at radius 1 is 1.41 bits per heavy atom. The van der Waals surface area contributed by atoms with Crippen molar-refractivity contribution >= 4 is 34.4 Å². The average Bonchev–Trinajstić information content (AvgIpc) is 2.76. The third kappa shape index (κ3) is 3.09. The van der Waals surface area contributed by atoms with Crippen LogP contribution in [0.4, 0.5) is 11.5 Å². The molecule has 17 heavy (non-hydrogen) atoms. The molecule has 1 atom stereocenters. The van der Waals surface area contributed by atoms with Gasteiger partial charge in [0.25, 0.3) is 0 Å². The van der Waals surface area contributed by atoms with Crippen LogP contribution < -0.4 is 16.6 Å². The van der Waals surface area contributed by atoms with Crippen LogP contribution in [0.5, 0.6) is 0 Å². The Kier molecular flexibility index (Phi) is 3.83. The molecule has 90 valence electrons. The molecule has 0 fully saturated rings. The number of pyridine rings is 1. The zero-order chi connectivity index (χ0) is 12.3. The number of hydrogen-bond donors (Lipinski definition) is 3. The third-order valence-corrected chi connectivity index (χ3v) is 3.73. The van der Waals surface area contributed by atoms with Crippen LogP contribution in [0, 0.1) is 0 Å². The number of aromatic nitrogens is 1. The first-order chi connectivity index (χ1) is 8.19. The predicted octanol–water partition coefficient (Wildman–Crippen LogP) is 3.26. The molecule has 0 bridgehead atoms. The number of nitrogens with two attached hydrogens (primary N) is 1. The van der Waals surface area contributed by atoms with Gasteiger partial charge in [-0.15, -0.1) is 11.3 Å². The smallest absolute Gasteiger partial charge is 0.141 e. The molecule has 2 aromatic rings. The molecule has 4 N–H and O–H groups in total. The van der Waals surface area contributed by atoms with Gasteiger partial charge in [0.2, 0.25) is 0 Å². The number of anilines is 2. The van der Waals surface area contributed by atoms with Gasteiger partial charge in [-0.25, -0.2) is 10.8 Å². The lowest BCUT2D eigenvalue weighted by Gasteiger charge is -2.14. The molecule has 0 aliphatic rings. The highest BCUT2D eigenvalue weighted by molar-refractivity contribution is 7.16. The maximum absolute atomic E-state index is 5.91. The van der Waals surface area contributed by atoms with Gasteiger partial charge in [-0.05, 0) is 25.1 Å². The molecule has 0 radical (unpaired) electrons. The minimum Gasteiger partial charge on any atom is -0.378 e. The summed E-state index contributed by atoms with van der Waals surface area (Å²) in [5.74, 6) is 5.94. The molecule has 0 aliphatic heterocycles. The molecule has 4 nitrogen and oxygen atoms in total. The molecule has 0 aromatic carbocycles. The topological polar surface area (TPSA) is 63.0 Å². The van der Waals surface area contributed by atoms with Crippen LogP contribution in [0.3, 0.4) is 0 Å². The highest BCUT2D eigenvalue weighted by Crippen LogP contribution is 2.29. The van der Waals surface area contributed by atoms with Crippen LogP contribution in [-0.2, 0) is 0 Å². The van der Waals surface area contributed by atoms with Gasteiger partial charge in [0, 0.05) is 22.8 Å². The highest BCUT2D eigenvalue weighted by Gasteiger charge is 2.08. The Labute approximate surface area is 109 Å². The van der Waals surface area contributed by atoms with Crippen molar-refractivity contribution in [1.82, 2.24) is 4.98 Å². The number of nitrogens with one attached hydrogen (secondary N) is 2. The van der Waals surface area contributed by atoms with Crippen molar-refractivity contribution < 1.29 is 0 Å². The van der Waals surface area contributed by atoms with Gasteiger partial charge >= 0.3 is 0 Å². The summed E-state index contributed by atoms with van der Waals surface area (Å²) in [4.78, 5) is 5.24. The Hall–Kier alpha value is -1.30. The number of nitrogens with zero attached hydrogens (tertiary/aromatic N) is 1. The molecule has 2 aromatic heterocycles. The van der Waals surface area contributed by atoms with E-state index in [4.69, 9.17) is 17.4 Å². The minimum atomic E-state index is 0.195. The van der Waals surface area contributed by atoms with E-state index in [2.05, 4.69) is 22.7 Å². The lowest BCUT2D eigenvalue weighted by molar-refractivity contribution is 0.907. The maximum Gasteiger partial charge on any atom is 0.141 e. The van der Waals surface area contributed by atoms with E-state index in [1.54, 1.807) is 17.5 Å². The molecule has 1 unspecified atom stereocenters. The summed E-state index contributed by atoms with van der Waals surface area (Å²) >= 11 is 7.48. The van der Waals surface area contributed by atoms with Gasteiger partial charge in [0.05, 0.1) is 10.4 Å². The maximum atomic E-state index is 5.91. The van der Waals surface area contributed by atoms with E-state index < -0.39 is 0 Å². The molecule has 0 aliphatic carbocycles. The zero-order valence-electron chi connectivity index (χ0n) is 9.27. The number of hydrogen-bond acceptors (Lipinski definition) is 5. The summed E-state index contributed by atoms with van der Waals surface area (Å²) in [6.45, 7) is 2.08. The van der Waals surface area contributed by atoms with Crippen LogP contribution in [0.2, 0.25) is 4.34 Å². The summed E-state index contributed by atoms with van der Waals surface area (Å²) in [7, 11) is 0. The van der Waals surface area contributed by atoms with Crippen LogP contribution in [0.1, 0.15) is 17.8 Å². The minimum absolute atomic E-state index is 0.195. The second-order valence-electron chi connectivity index (χ2n) is 3.58. The Morgan fingerprint density at radius 3 is 2.88 bits per heavy atom. The molecule has 0 saturated carbocycles. The van der Waals surface area contributed by atoms with Gasteiger partial charge in [0.15, 0.2) is 0 Å². The van der Waals surface area contributed by atoms with Crippen molar-refractivity contribution in [2.24, 2.45) is 5.84 Å². The third-order valence-electron chi connectivity index (χ3n) is 2.31. The summed E-state index contributed by atoms with van der Waals surface area (Å²) < 4.78 is 0.799. The average molecular weight is 269 g/mol. The fourth-order valence-corrected chi connectivity index (χ4v) is 2.54. The van der Waals surface area contributed by atoms with Gasteiger partial charge in [-0.1, -0.05) is 11.6 Å². The quantitative estimate of drug-likeness (QED) is 0.588. The first-order valence-corrected chi connectivity index (χ1v) is 6.33. The van der Waals surface area contributed by atoms with Crippen molar-refractivity contribution in [1.29, 1.82) is 0 Å². The predicted molar refractivity (Wildman–Crippen MR) is 73.4 cm³/mol. The van der Waals surface area contributed by atoms with Crippen LogP contribution in [-0.4, -0.2) is 4.98 Å². The summed E-state index contributed by atoms with van der Waals surface area (Å²) in [6, 6.07) is 7.87. The van der Waals surface area contributed by atoms with Gasteiger partial charge < -0.3 is 10.7 Å². The van der Waals surface area contributed by atoms with Crippen LogP contribution in [0.25, 0.3) is 0 Å². The molecule has 0 saturated heterocycles. The zero-order valence-corrected chi connectivity index (χ0v) is 10.8. The summed E-state index contributed by atoms with van der Waals surface area (Å²) in [6.07, 6.45) is 1.70. The van der Waals surface area contributed by atoms with E-state index in [1.807, 2.05) is 24.3 Å². The fraction of sp³-hybridized carbons (Fsp3) is 0.182. The Morgan fingerprint density at radius 2 is 2.24 bits per heavy atom. The van der Waals surface area contributed by atoms with E-state index in [9.17, 15) is 0 Å². The van der Waals surface area contributed by atoms with Crippen molar-refractivity contribution in [3.8, 4) is 0 Å². The first kappa shape index (κ1) is 12.2. The Balaban J connectivity index is 2.09. The lowest BCUT2D eigenvalue weighted by atomic mass is 10.2. The molecule has 2 heterocycles. The number of hydrazine groups is 1. The standard InChI is InChI=1S/C11H13ClN4S/c1-7(9-2-3-10(12)17-9)15-8-4-5-14-11(6-8)16-13/h2-7H,13H2,1H3,(H2,14,15,16). The number of nitrogen functional groups attached to an aromatic ring is 1. The van der Waals surface area contributed by atoms with Crippen molar-refractivity contribution in [3.05, 3.63) is 39.7 Å². The number of thiophene rings is 1. The molecule has 0 amide bonds. The van der Waals surface area contributed by atoms with Crippen LogP contribution in [0.15, 0.2) is 30.5 Å². The first-order valence-electron chi connectivity index (χ1n) is 5.13. The Bertz CT molecular complexity index is 500. The van der Waals surface area contributed by atoms with E-state index >= 15 is 0 Å². The number of rotatable bonds is 4. The summed E-state index contributed by atoms with van der Waals surface area (Å²) in [5.41, 5.74) is 3.48. The number of halogens is 1. The monoisotopic (exact) mass is 268 g/mol. The molecule has 0 spiro atoms. The van der Waals surface area contributed by atoms with Gasteiger partial charge in [-0.3, -0.25) is 0 Å². The normalized spacial score (nSPS) is 12.2. The highest BCUT2D eigenvalue weighted by atomic mass is 35.5. The molecule has 6 heteroatoms. The lowest BCUT2D eigenvalue weighted by Crippen LogP contribution is -2.10. The van der Waals surface area contributed by atoms with Crippen LogP contribution >= 0.6 is 22.9 Å². The fourth-order valence-electron chi connectivity index (χ4n) is 1.48. The van der Waals surface area contributed by atoms with Gasteiger partial charge in [-0.2, -0.15) is 0 Å². The van der Waals surface area contributed by atoms with E-state index in [0.29, 0.717) is 5.82 Å². The van der Waals surface area contributed by atoms with Gasteiger partial charge in [0.1, 0.15) is 5.82 Å². The van der Waals surface area contributed by atoms with Crippen molar-refractivity contribution in [2.45, 2.75) is 13.0 Å². The second-order valence-corrected chi connectivity index (χ2v) is 5.33. The molecule has 2 rings (SSSR count). The molecular formula is C11H13ClN4S. The van der Waals surface area contributed by atoms with E-state index in [0.717, 1.165) is 10.0 Å². The van der Waals surface area contributed by atoms with Crippen molar-refractivity contribution in [3.63, 3.8) is 0 Å². The second kappa shape index (κ2) is 5.35. The van der Waals surface area contributed by atoms with E-state index in [1.165, 1.54) is 4.88 Å². The SMILES string of the molecule is CC(Nc1ccnc(NN)c1)c1ccc(Cl)s1. The summed E-state index contributed by atoms with van der Waals surface area (Å²) in [5, 5.41) is 3.36. The van der Waals surface area contributed by atoms with E-state index in [-0.39, 0.29) is 6.04 Å². The largest absolute Gasteiger partial charge is 0.378 e. The van der Waals surface area contributed by atoms with Crippen molar-refractivity contribution in [2.75, 3.05) is 10.7 Å².